The Morgan fingerprint density at radius 3 is 2.46 bits per heavy atom. The van der Waals surface area contributed by atoms with Crippen LogP contribution in [0.2, 0.25) is 0 Å². The van der Waals surface area contributed by atoms with E-state index < -0.39 is 0 Å². The van der Waals surface area contributed by atoms with E-state index in [1.165, 1.54) is 5.57 Å². The minimum Gasteiger partial charge on any atom is -0.497 e. The molecule has 0 radical (unpaired) electrons. The number of rotatable bonds is 4. The van der Waals surface area contributed by atoms with Crippen LogP contribution in [0.3, 0.4) is 0 Å². The van der Waals surface area contributed by atoms with Gasteiger partial charge >= 0.3 is 0 Å². The van der Waals surface area contributed by atoms with E-state index in [1.807, 2.05) is 41.3 Å². The van der Waals surface area contributed by atoms with Crippen LogP contribution < -0.4 is 4.74 Å². The molecule has 1 aliphatic carbocycles. The Hall–Kier alpha value is -3.86. The van der Waals surface area contributed by atoms with Crippen LogP contribution in [0.5, 0.6) is 5.75 Å². The number of hydrogen-bond donors (Lipinski definition) is 0. The molecule has 1 saturated heterocycles. The van der Waals surface area contributed by atoms with Gasteiger partial charge in [-0.3, -0.25) is 4.79 Å². The van der Waals surface area contributed by atoms with Gasteiger partial charge in [-0.2, -0.15) is 0 Å². The molecule has 0 saturated carbocycles. The van der Waals surface area contributed by atoms with Gasteiger partial charge in [0.05, 0.1) is 23.9 Å². The molecule has 2 aliphatic rings. The number of piperidine rings is 1. The van der Waals surface area contributed by atoms with Crippen molar-refractivity contribution >= 4 is 28.5 Å². The maximum atomic E-state index is 14.0. The average molecular weight is 464 g/mol. The first-order valence-corrected chi connectivity index (χ1v) is 12.4. The fourth-order valence-electron chi connectivity index (χ4n) is 5.54. The molecule has 3 heterocycles. The number of benzene rings is 2. The number of carbonyl (C=O) groups is 1. The standard InChI is InChI=1S/C30H29N3O2/c1-35-24-11-8-21(9-12-24)20-22-10-13-26-28(25-6-2-3-7-27(25)31-29(22)26)30(34)33-18-14-23(15-19-33)32-16-4-5-17-32/h2-9,11-12,16-17,20,23H,10,13-15,18-19H2,1H3/b22-20-. The minimum atomic E-state index is 0.150. The smallest absolute Gasteiger partial charge is 0.254 e. The summed E-state index contributed by atoms with van der Waals surface area (Å²) in [5, 5.41) is 0.967. The van der Waals surface area contributed by atoms with Gasteiger partial charge in [-0.1, -0.05) is 30.3 Å². The second-order valence-corrected chi connectivity index (χ2v) is 9.43. The summed E-state index contributed by atoms with van der Waals surface area (Å²) in [6, 6.07) is 20.8. The average Bonchev–Trinajstić information content (AvgIpc) is 3.58. The molecule has 6 rings (SSSR count). The molecular formula is C30H29N3O2. The molecule has 0 bridgehead atoms. The van der Waals surface area contributed by atoms with Crippen molar-refractivity contribution in [2.24, 2.45) is 0 Å². The lowest BCUT2D eigenvalue weighted by atomic mass is 9.97. The highest BCUT2D eigenvalue weighted by molar-refractivity contribution is 6.09. The summed E-state index contributed by atoms with van der Waals surface area (Å²) in [7, 11) is 1.68. The Kier molecular flexibility index (Phi) is 5.61. The van der Waals surface area contributed by atoms with E-state index in [1.54, 1.807) is 7.11 Å². The van der Waals surface area contributed by atoms with Crippen LogP contribution in [0.15, 0.2) is 73.1 Å². The van der Waals surface area contributed by atoms with Crippen LogP contribution in [0.4, 0.5) is 0 Å². The van der Waals surface area contributed by atoms with Crippen LogP contribution in [-0.2, 0) is 6.42 Å². The molecule has 0 N–H and O–H groups in total. The Morgan fingerprint density at radius 2 is 1.71 bits per heavy atom. The Morgan fingerprint density at radius 1 is 0.971 bits per heavy atom. The molecule has 1 amide bonds. The van der Waals surface area contributed by atoms with Crippen molar-refractivity contribution in [2.75, 3.05) is 20.2 Å². The highest BCUT2D eigenvalue weighted by Crippen LogP contribution is 2.38. The predicted molar refractivity (Wildman–Crippen MR) is 140 cm³/mol. The number of amides is 1. The summed E-state index contributed by atoms with van der Waals surface area (Å²) in [4.78, 5) is 21.0. The third kappa shape index (κ3) is 4.01. The molecule has 1 aliphatic heterocycles. The summed E-state index contributed by atoms with van der Waals surface area (Å²) in [5.41, 5.74) is 6.12. The number of carbonyl (C=O) groups excluding carboxylic acids is 1. The Balaban J connectivity index is 1.35. The first-order chi connectivity index (χ1) is 17.2. The van der Waals surface area contributed by atoms with Crippen LogP contribution >= 0.6 is 0 Å². The van der Waals surface area contributed by atoms with Gasteiger partial charge in [0.1, 0.15) is 5.75 Å². The van der Waals surface area contributed by atoms with Gasteiger partial charge in [-0.25, -0.2) is 4.98 Å². The van der Waals surface area contributed by atoms with Gasteiger partial charge in [0.25, 0.3) is 5.91 Å². The monoisotopic (exact) mass is 463 g/mol. The number of fused-ring (bicyclic) bond motifs is 2. The van der Waals surface area contributed by atoms with Gasteiger partial charge in [0.15, 0.2) is 0 Å². The first kappa shape index (κ1) is 21.7. The molecule has 2 aromatic carbocycles. The topological polar surface area (TPSA) is 47.4 Å². The fourth-order valence-corrected chi connectivity index (χ4v) is 5.54. The van der Waals surface area contributed by atoms with Crippen molar-refractivity contribution < 1.29 is 9.53 Å². The first-order valence-electron chi connectivity index (χ1n) is 12.4. The molecule has 5 nitrogen and oxygen atoms in total. The zero-order valence-electron chi connectivity index (χ0n) is 20.0. The number of ether oxygens (including phenoxy) is 1. The van der Waals surface area contributed by atoms with E-state index in [2.05, 4.69) is 47.3 Å². The summed E-state index contributed by atoms with van der Waals surface area (Å²) in [6.45, 7) is 1.56. The van der Waals surface area contributed by atoms with Crippen LogP contribution in [0, 0.1) is 0 Å². The van der Waals surface area contributed by atoms with Gasteiger partial charge in [-0.05, 0) is 78.8 Å². The molecule has 2 aromatic heterocycles. The van der Waals surface area contributed by atoms with Crippen LogP contribution in [-0.4, -0.2) is 40.6 Å². The summed E-state index contributed by atoms with van der Waals surface area (Å²) < 4.78 is 7.57. The van der Waals surface area contributed by atoms with E-state index in [9.17, 15) is 4.79 Å². The molecule has 4 aromatic rings. The molecule has 35 heavy (non-hydrogen) atoms. The van der Waals surface area contributed by atoms with Crippen molar-refractivity contribution in [2.45, 2.75) is 31.7 Å². The third-order valence-corrected chi connectivity index (χ3v) is 7.41. The normalized spacial score (nSPS) is 17.2. The van der Waals surface area contributed by atoms with Gasteiger partial charge in [-0.15, -0.1) is 0 Å². The largest absolute Gasteiger partial charge is 0.497 e. The SMILES string of the molecule is COc1ccc(/C=C2/CCc3c2nc2ccccc2c3C(=O)N2CCC(n3cccc3)CC2)cc1. The molecule has 0 spiro atoms. The maximum Gasteiger partial charge on any atom is 0.254 e. The van der Waals surface area contributed by atoms with E-state index >= 15 is 0 Å². The highest BCUT2D eigenvalue weighted by atomic mass is 16.5. The van der Waals surface area contributed by atoms with Crippen molar-refractivity contribution in [3.05, 3.63) is 95.4 Å². The lowest BCUT2D eigenvalue weighted by molar-refractivity contribution is 0.0695. The van der Waals surface area contributed by atoms with E-state index in [4.69, 9.17) is 9.72 Å². The second kappa shape index (κ2) is 9.06. The van der Waals surface area contributed by atoms with Gasteiger partial charge in [0.2, 0.25) is 0 Å². The molecule has 1 fully saturated rings. The molecule has 0 unspecified atom stereocenters. The number of hydrogen-bond acceptors (Lipinski definition) is 3. The Bertz CT molecular complexity index is 1400. The molecule has 5 heteroatoms. The minimum absolute atomic E-state index is 0.150. The van der Waals surface area contributed by atoms with Crippen molar-refractivity contribution in [3.63, 3.8) is 0 Å². The zero-order chi connectivity index (χ0) is 23.8. The van der Waals surface area contributed by atoms with E-state index in [0.717, 1.165) is 77.8 Å². The number of nitrogens with zero attached hydrogens (tertiary/aromatic N) is 3. The third-order valence-electron chi connectivity index (χ3n) is 7.41. The van der Waals surface area contributed by atoms with Gasteiger partial charge < -0.3 is 14.2 Å². The van der Waals surface area contributed by atoms with E-state index in [-0.39, 0.29) is 5.91 Å². The number of likely N-dealkylation sites (tertiary alicyclic amines) is 1. The van der Waals surface area contributed by atoms with Crippen LogP contribution in [0.1, 0.15) is 52.5 Å². The quantitative estimate of drug-likeness (QED) is 0.372. The lowest BCUT2D eigenvalue weighted by Gasteiger charge is -2.33. The highest BCUT2D eigenvalue weighted by Gasteiger charge is 2.31. The molecular weight excluding hydrogens is 434 g/mol. The summed E-state index contributed by atoms with van der Waals surface area (Å²) in [5.74, 6) is 0.994. The molecule has 176 valence electrons. The van der Waals surface area contributed by atoms with Gasteiger partial charge in [0, 0.05) is 36.9 Å². The number of para-hydroxylation sites is 1. The van der Waals surface area contributed by atoms with E-state index in [0.29, 0.717) is 6.04 Å². The van der Waals surface area contributed by atoms with Crippen molar-refractivity contribution in [3.8, 4) is 5.75 Å². The number of pyridine rings is 1. The zero-order valence-corrected chi connectivity index (χ0v) is 20.0. The number of allylic oxidation sites excluding steroid dienone is 1. The predicted octanol–water partition coefficient (Wildman–Crippen LogP) is 6.01. The maximum absolute atomic E-state index is 14.0. The van der Waals surface area contributed by atoms with Crippen molar-refractivity contribution in [1.29, 1.82) is 0 Å². The number of aromatic nitrogens is 2. The lowest BCUT2D eigenvalue weighted by Crippen LogP contribution is -2.39. The summed E-state index contributed by atoms with van der Waals surface area (Å²) in [6.07, 6.45) is 10.1. The Labute approximate surface area is 205 Å². The molecule has 0 atom stereocenters. The fraction of sp³-hybridized carbons (Fsp3) is 0.267. The second-order valence-electron chi connectivity index (χ2n) is 9.43. The van der Waals surface area contributed by atoms with Crippen LogP contribution in [0.25, 0.3) is 22.6 Å². The van der Waals surface area contributed by atoms with Crippen molar-refractivity contribution in [1.82, 2.24) is 14.5 Å². The number of methoxy groups -OCH3 is 1. The summed E-state index contributed by atoms with van der Waals surface area (Å²) >= 11 is 0.